The van der Waals surface area contributed by atoms with Crippen LogP contribution in [0.25, 0.3) is 0 Å². The van der Waals surface area contributed by atoms with Gasteiger partial charge in [-0.3, -0.25) is 4.98 Å². The van der Waals surface area contributed by atoms with Gasteiger partial charge in [-0.15, -0.1) is 0 Å². The van der Waals surface area contributed by atoms with Crippen molar-refractivity contribution in [2.45, 2.75) is 26.7 Å². The maximum absolute atomic E-state index is 9.16. The highest BCUT2D eigenvalue weighted by atomic mass is 16.3. The van der Waals surface area contributed by atoms with Crippen LogP contribution in [0.15, 0.2) is 12.1 Å². The fourth-order valence-corrected chi connectivity index (χ4v) is 0.895. The average molecular weight is 151 g/mol. The Labute approximate surface area is 66.9 Å². The van der Waals surface area contributed by atoms with Gasteiger partial charge in [0.2, 0.25) is 0 Å². The molecular formula is C9H13NO. The van der Waals surface area contributed by atoms with Gasteiger partial charge < -0.3 is 5.11 Å². The van der Waals surface area contributed by atoms with E-state index in [-0.39, 0.29) is 5.75 Å². The highest BCUT2D eigenvalue weighted by Crippen LogP contribution is 2.17. The van der Waals surface area contributed by atoms with Gasteiger partial charge in [-0.2, -0.15) is 0 Å². The van der Waals surface area contributed by atoms with Gasteiger partial charge in [0, 0.05) is 5.69 Å². The third kappa shape index (κ3) is 1.70. The Kier molecular flexibility index (Phi) is 2.13. The van der Waals surface area contributed by atoms with Crippen LogP contribution in [0.2, 0.25) is 0 Å². The van der Waals surface area contributed by atoms with Crippen molar-refractivity contribution in [1.82, 2.24) is 4.98 Å². The lowest BCUT2D eigenvalue weighted by Gasteiger charge is -2.05. The molecule has 60 valence electrons. The molecule has 1 heterocycles. The number of nitrogens with zero attached hydrogens (tertiary/aromatic N) is 1. The molecular weight excluding hydrogens is 138 g/mol. The second-order valence-electron chi connectivity index (χ2n) is 3.00. The zero-order valence-electron chi connectivity index (χ0n) is 7.13. The van der Waals surface area contributed by atoms with E-state index in [9.17, 15) is 0 Å². The van der Waals surface area contributed by atoms with Crippen molar-refractivity contribution in [1.29, 1.82) is 0 Å². The highest BCUT2D eigenvalue weighted by Gasteiger charge is 2.02. The molecule has 0 aliphatic rings. The molecule has 0 unspecified atom stereocenters. The molecule has 0 atom stereocenters. The van der Waals surface area contributed by atoms with Gasteiger partial charge in [0.15, 0.2) is 0 Å². The normalized spacial score (nSPS) is 10.5. The minimum atomic E-state index is 0.273. The van der Waals surface area contributed by atoms with E-state index in [1.807, 2.05) is 6.07 Å². The van der Waals surface area contributed by atoms with Crippen molar-refractivity contribution < 1.29 is 5.11 Å². The minimum Gasteiger partial charge on any atom is -0.506 e. The van der Waals surface area contributed by atoms with Crippen LogP contribution in [0.4, 0.5) is 0 Å². The summed E-state index contributed by atoms with van der Waals surface area (Å²) in [5.74, 6) is 0.698. The van der Waals surface area contributed by atoms with E-state index in [1.165, 1.54) is 0 Å². The van der Waals surface area contributed by atoms with E-state index >= 15 is 0 Å². The third-order valence-corrected chi connectivity index (χ3v) is 1.67. The Bertz CT molecular complexity index is 256. The van der Waals surface area contributed by atoms with Crippen molar-refractivity contribution in [3.05, 3.63) is 23.5 Å². The van der Waals surface area contributed by atoms with Crippen LogP contribution in [-0.4, -0.2) is 10.1 Å². The lowest BCUT2D eigenvalue weighted by atomic mass is 10.1. The van der Waals surface area contributed by atoms with Gasteiger partial charge >= 0.3 is 0 Å². The quantitative estimate of drug-likeness (QED) is 0.667. The molecule has 2 nitrogen and oxygen atoms in total. The molecule has 0 aliphatic heterocycles. The number of aromatic nitrogens is 1. The summed E-state index contributed by atoms with van der Waals surface area (Å²) >= 11 is 0. The zero-order valence-corrected chi connectivity index (χ0v) is 7.13. The lowest BCUT2D eigenvalue weighted by molar-refractivity contribution is 0.466. The summed E-state index contributed by atoms with van der Waals surface area (Å²) in [6.07, 6.45) is 0. The topological polar surface area (TPSA) is 33.1 Å². The van der Waals surface area contributed by atoms with Crippen molar-refractivity contribution in [3.8, 4) is 5.75 Å². The van der Waals surface area contributed by atoms with Crippen molar-refractivity contribution in [3.63, 3.8) is 0 Å². The van der Waals surface area contributed by atoms with Crippen LogP contribution in [0.3, 0.4) is 0 Å². The lowest BCUT2D eigenvalue weighted by Crippen LogP contribution is -1.93. The Balaban J connectivity index is 3.05. The van der Waals surface area contributed by atoms with Crippen molar-refractivity contribution in [2.75, 3.05) is 0 Å². The summed E-state index contributed by atoms with van der Waals surface area (Å²) in [6, 6.07) is 3.55. The maximum Gasteiger partial charge on any atom is 0.136 e. The molecule has 0 saturated heterocycles. The second-order valence-corrected chi connectivity index (χ2v) is 3.00. The third-order valence-electron chi connectivity index (χ3n) is 1.67. The molecule has 0 spiro atoms. The van der Waals surface area contributed by atoms with Crippen LogP contribution in [0, 0.1) is 6.92 Å². The van der Waals surface area contributed by atoms with E-state index in [0.29, 0.717) is 11.6 Å². The van der Waals surface area contributed by atoms with Gasteiger partial charge in [0.05, 0.1) is 5.69 Å². The molecule has 1 aromatic heterocycles. The van der Waals surface area contributed by atoms with Crippen molar-refractivity contribution in [2.24, 2.45) is 0 Å². The summed E-state index contributed by atoms with van der Waals surface area (Å²) in [7, 11) is 0. The smallest absolute Gasteiger partial charge is 0.136 e. The monoisotopic (exact) mass is 151 g/mol. The molecule has 0 aliphatic carbocycles. The van der Waals surface area contributed by atoms with Gasteiger partial charge in [-0.25, -0.2) is 0 Å². The molecule has 1 rings (SSSR count). The van der Waals surface area contributed by atoms with Crippen molar-refractivity contribution >= 4 is 0 Å². The maximum atomic E-state index is 9.16. The summed E-state index contributed by atoms with van der Waals surface area (Å²) in [5.41, 5.74) is 1.73. The summed E-state index contributed by atoms with van der Waals surface area (Å²) in [5, 5.41) is 9.16. The Hall–Kier alpha value is -1.05. The van der Waals surface area contributed by atoms with E-state index in [1.54, 1.807) is 13.0 Å². The standard InChI is InChI=1S/C9H13NO/c1-6(2)8-4-5-9(11)7(3)10-8/h4-6,11H,1-3H3. The fraction of sp³-hybridized carbons (Fsp3) is 0.444. The van der Waals surface area contributed by atoms with Crippen LogP contribution in [-0.2, 0) is 0 Å². The Morgan fingerprint density at radius 3 is 2.45 bits per heavy atom. The minimum absolute atomic E-state index is 0.273. The predicted octanol–water partition coefficient (Wildman–Crippen LogP) is 2.22. The molecule has 0 saturated carbocycles. The van der Waals surface area contributed by atoms with E-state index in [4.69, 9.17) is 5.11 Å². The van der Waals surface area contributed by atoms with Gasteiger partial charge in [0.25, 0.3) is 0 Å². The number of pyridine rings is 1. The van der Waals surface area contributed by atoms with Gasteiger partial charge in [-0.05, 0) is 25.0 Å². The molecule has 2 heteroatoms. The zero-order chi connectivity index (χ0) is 8.43. The van der Waals surface area contributed by atoms with E-state index in [2.05, 4.69) is 18.8 Å². The first-order valence-corrected chi connectivity index (χ1v) is 3.77. The second kappa shape index (κ2) is 2.91. The molecule has 0 fully saturated rings. The number of hydrogen-bond acceptors (Lipinski definition) is 2. The molecule has 0 amide bonds. The van der Waals surface area contributed by atoms with Gasteiger partial charge in [0.1, 0.15) is 5.75 Å². The molecule has 1 aromatic rings. The fourth-order valence-electron chi connectivity index (χ4n) is 0.895. The van der Waals surface area contributed by atoms with E-state index in [0.717, 1.165) is 5.69 Å². The SMILES string of the molecule is Cc1nc(C(C)C)ccc1O. The first kappa shape index (κ1) is 8.05. The number of aromatic hydroxyl groups is 1. The first-order chi connectivity index (χ1) is 5.11. The summed E-state index contributed by atoms with van der Waals surface area (Å²) < 4.78 is 0. The molecule has 1 N–H and O–H groups in total. The molecule has 0 bridgehead atoms. The average Bonchev–Trinajstić information content (AvgIpc) is 1.94. The molecule has 0 aromatic carbocycles. The van der Waals surface area contributed by atoms with Crippen LogP contribution in [0.5, 0.6) is 5.75 Å². The van der Waals surface area contributed by atoms with Crippen LogP contribution in [0.1, 0.15) is 31.2 Å². The van der Waals surface area contributed by atoms with Crippen LogP contribution < -0.4 is 0 Å². The van der Waals surface area contributed by atoms with Gasteiger partial charge in [-0.1, -0.05) is 13.8 Å². The summed E-state index contributed by atoms with van der Waals surface area (Å²) in [4.78, 5) is 4.22. The first-order valence-electron chi connectivity index (χ1n) is 3.77. The predicted molar refractivity (Wildman–Crippen MR) is 44.7 cm³/mol. The number of rotatable bonds is 1. The number of aryl methyl sites for hydroxylation is 1. The summed E-state index contributed by atoms with van der Waals surface area (Å²) in [6.45, 7) is 5.97. The largest absolute Gasteiger partial charge is 0.506 e. The van der Waals surface area contributed by atoms with E-state index < -0.39 is 0 Å². The Morgan fingerprint density at radius 2 is 2.00 bits per heavy atom. The molecule has 11 heavy (non-hydrogen) atoms. The highest BCUT2D eigenvalue weighted by molar-refractivity contribution is 5.27. The molecule has 0 radical (unpaired) electrons. The van der Waals surface area contributed by atoms with Crippen LogP contribution >= 0.6 is 0 Å². The Morgan fingerprint density at radius 1 is 1.36 bits per heavy atom. The number of hydrogen-bond donors (Lipinski definition) is 1.